The van der Waals surface area contributed by atoms with Crippen molar-refractivity contribution in [3.8, 4) is 11.5 Å². The van der Waals surface area contributed by atoms with E-state index in [1.807, 2.05) is 12.1 Å². The Hall–Kier alpha value is -2.11. The van der Waals surface area contributed by atoms with Gasteiger partial charge in [0, 0.05) is 15.6 Å². The molecule has 0 radical (unpaired) electrons. The number of carbonyl (C=O) groups is 1. The van der Waals surface area contributed by atoms with Crippen LogP contribution in [-0.2, 0) is 11.3 Å². The molecular weight excluding hydrogens is 348 g/mol. The largest absolute Gasteiger partial charge is 0.507 e. The van der Waals surface area contributed by atoms with Gasteiger partial charge in [-0.2, -0.15) is 0 Å². The SMILES string of the molecule is O=C(C=Cc1cc(Br)cc2c1OCOC2)c1ccccc1O. The molecule has 4 nitrogen and oxygen atoms in total. The van der Waals surface area contributed by atoms with Crippen LogP contribution >= 0.6 is 15.9 Å². The standard InChI is InChI=1S/C17H13BrO4/c18-13-7-11(17-12(8-13)9-21-10-22-17)5-6-16(20)14-3-1-2-4-15(14)19/h1-8,19H,9-10H2. The summed E-state index contributed by atoms with van der Waals surface area (Å²) in [7, 11) is 0. The normalized spacial score (nSPS) is 13.7. The van der Waals surface area contributed by atoms with E-state index in [0.29, 0.717) is 6.61 Å². The van der Waals surface area contributed by atoms with Gasteiger partial charge >= 0.3 is 0 Å². The van der Waals surface area contributed by atoms with Crippen LogP contribution in [0.5, 0.6) is 11.5 Å². The van der Waals surface area contributed by atoms with Crippen LogP contribution in [0.15, 0.2) is 46.9 Å². The van der Waals surface area contributed by atoms with Gasteiger partial charge in [-0.15, -0.1) is 0 Å². The van der Waals surface area contributed by atoms with Crippen molar-refractivity contribution in [3.63, 3.8) is 0 Å². The van der Waals surface area contributed by atoms with Gasteiger partial charge in [-0.3, -0.25) is 4.79 Å². The molecule has 0 spiro atoms. The van der Waals surface area contributed by atoms with Crippen molar-refractivity contribution in [2.75, 3.05) is 6.79 Å². The third kappa shape index (κ3) is 3.05. The molecule has 0 atom stereocenters. The minimum Gasteiger partial charge on any atom is -0.507 e. The summed E-state index contributed by atoms with van der Waals surface area (Å²) < 4.78 is 11.7. The van der Waals surface area contributed by atoms with Gasteiger partial charge in [0.15, 0.2) is 12.6 Å². The predicted molar refractivity (Wildman–Crippen MR) is 85.9 cm³/mol. The molecule has 2 aromatic rings. The molecule has 0 bridgehead atoms. The lowest BCUT2D eigenvalue weighted by Crippen LogP contribution is -2.12. The first-order valence-corrected chi connectivity index (χ1v) is 7.48. The fraction of sp³-hybridized carbons (Fsp3) is 0.118. The predicted octanol–water partition coefficient (Wildman–Crippen LogP) is 3.92. The number of ether oxygens (including phenoxy) is 2. The average Bonchev–Trinajstić information content (AvgIpc) is 2.52. The van der Waals surface area contributed by atoms with E-state index in [-0.39, 0.29) is 23.9 Å². The zero-order valence-electron chi connectivity index (χ0n) is 11.6. The van der Waals surface area contributed by atoms with E-state index in [4.69, 9.17) is 9.47 Å². The van der Waals surface area contributed by atoms with Gasteiger partial charge in [0.1, 0.15) is 11.5 Å². The molecule has 0 amide bonds. The maximum atomic E-state index is 12.2. The second-order valence-electron chi connectivity index (χ2n) is 4.81. The summed E-state index contributed by atoms with van der Waals surface area (Å²) in [5.41, 5.74) is 1.98. The molecule has 2 aromatic carbocycles. The molecule has 1 aliphatic rings. The van der Waals surface area contributed by atoms with Crippen LogP contribution in [0.2, 0.25) is 0 Å². The minimum absolute atomic E-state index is 0.0296. The zero-order valence-corrected chi connectivity index (χ0v) is 13.2. The van der Waals surface area contributed by atoms with Gasteiger partial charge in [0.2, 0.25) is 0 Å². The maximum Gasteiger partial charge on any atom is 0.189 e. The number of hydrogen-bond acceptors (Lipinski definition) is 4. The van der Waals surface area contributed by atoms with E-state index >= 15 is 0 Å². The Morgan fingerprint density at radius 1 is 1.27 bits per heavy atom. The first kappa shape index (κ1) is 14.8. The summed E-state index contributed by atoms with van der Waals surface area (Å²) in [6, 6.07) is 10.3. The second-order valence-corrected chi connectivity index (χ2v) is 5.72. The summed E-state index contributed by atoms with van der Waals surface area (Å²) in [4.78, 5) is 12.2. The number of carbonyl (C=O) groups excluding carboxylic acids is 1. The highest BCUT2D eigenvalue weighted by Crippen LogP contribution is 2.32. The summed E-state index contributed by atoms with van der Waals surface area (Å²) in [5, 5.41) is 9.71. The molecule has 0 aliphatic carbocycles. The minimum atomic E-state index is -0.265. The highest BCUT2D eigenvalue weighted by molar-refractivity contribution is 9.10. The molecule has 0 aromatic heterocycles. The van der Waals surface area contributed by atoms with Crippen LogP contribution in [0, 0.1) is 0 Å². The van der Waals surface area contributed by atoms with Crippen molar-refractivity contribution in [1.82, 2.24) is 0 Å². The van der Waals surface area contributed by atoms with Gasteiger partial charge in [0.05, 0.1) is 12.2 Å². The van der Waals surface area contributed by atoms with Crippen LogP contribution in [0.3, 0.4) is 0 Å². The van der Waals surface area contributed by atoms with Crippen LogP contribution in [0.4, 0.5) is 0 Å². The van der Waals surface area contributed by atoms with E-state index in [1.54, 1.807) is 24.3 Å². The third-order valence-corrected chi connectivity index (χ3v) is 3.75. The van der Waals surface area contributed by atoms with Crippen molar-refractivity contribution >= 4 is 27.8 Å². The molecule has 3 rings (SSSR count). The fourth-order valence-electron chi connectivity index (χ4n) is 2.27. The van der Waals surface area contributed by atoms with Crippen molar-refractivity contribution < 1.29 is 19.4 Å². The van der Waals surface area contributed by atoms with E-state index < -0.39 is 0 Å². The Kier molecular flexibility index (Phi) is 4.27. The smallest absolute Gasteiger partial charge is 0.189 e. The Balaban J connectivity index is 1.91. The number of phenolic OH excluding ortho intramolecular Hbond substituents is 1. The first-order valence-electron chi connectivity index (χ1n) is 6.68. The van der Waals surface area contributed by atoms with Crippen molar-refractivity contribution in [2.24, 2.45) is 0 Å². The number of fused-ring (bicyclic) bond motifs is 1. The van der Waals surface area contributed by atoms with Crippen LogP contribution in [-0.4, -0.2) is 17.7 Å². The van der Waals surface area contributed by atoms with Gasteiger partial charge in [-0.05, 0) is 36.4 Å². The monoisotopic (exact) mass is 360 g/mol. The second kappa shape index (κ2) is 6.34. The summed E-state index contributed by atoms with van der Waals surface area (Å²) >= 11 is 3.43. The summed E-state index contributed by atoms with van der Waals surface area (Å²) in [5.74, 6) is 0.424. The number of para-hydroxylation sites is 1. The summed E-state index contributed by atoms with van der Waals surface area (Å²) in [6.07, 6.45) is 3.11. The lowest BCUT2D eigenvalue weighted by molar-refractivity contribution is -0.0165. The van der Waals surface area contributed by atoms with Gasteiger partial charge in [-0.1, -0.05) is 28.1 Å². The highest BCUT2D eigenvalue weighted by Gasteiger charge is 2.15. The molecule has 0 unspecified atom stereocenters. The molecule has 5 heteroatoms. The van der Waals surface area contributed by atoms with Crippen molar-refractivity contribution in [3.05, 3.63) is 63.6 Å². The van der Waals surface area contributed by atoms with Crippen LogP contribution in [0.1, 0.15) is 21.5 Å². The number of ketones is 1. The zero-order chi connectivity index (χ0) is 15.5. The molecule has 0 fully saturated rings. The first-order chi connectivity index (χ1) is 10.6. The summed E-state index contributed by atoms with van der Waals surface area (Å²) in [6.45, 7) is 0.673. The Bertz CT molecular complexity index is 752. The Morgan fingerprint density at radius 3 is 2.91 bits per heavy atom. The number of hydrogen-bond donors (Lipinski definition) is 1. The van der Waals surface area contributed by atoms with Gasteiger partial charge in [0.25, 0.3) is 0 Å². The molecule has 1 heterocycles. The molecule has 1 aliphatic heterocycles. The number of rotatable bonds is 3. The van der Waals surface area contributed by atoms with E-state index in [1.165, 1.54) is 12.1 Å². The molecular formula is C17H13BrO4. The molecule has 1 N–H and O–H groups in total. The van der Waals surface area contributed by atoms with Crippen LogP contribution in [0.25, 0.3) is 6.08 Å². The lowest BCUT2D eigenvalue weighted by atomic mass is 10.1. The van der Waals surface area contributed by atoms with E-state index in [2.05, 4.69) is 15.9 Å². The van der Waals surface area contributed by atoms with Crippen molar-refractivity contribution in [1.29, 1.82) is 0 Å². The molecule has 0 saturated heterocycles. The Labute approximate surface area is 136 Å². The molecule has 22 heavy (non-hydrogen) atoms. The quantitative estimate of drug-likeness (QED) is 0.665. The van der Waals surface area contributed by atoms with E-state index in [0.717, 1.165) is 21.3 Å². The number of benzene rings is 2. The van der Waals surface area contributed by atoms with Gasteiger partial charge < -0.3 is 14.6 Å². The topological polar surface area (TPSA) is 55.8 Å². The number of aromatic hydroxyl groups is 1. The maximum absolute atomic E-state index is 12.2. The molecule has 0 saturated carbocycles. The molecule has 112 valence electrons. The fourth-order valence-corrected chi connectivity index (χ4v) is 2.79. The number of halogens is 1. The Morgan fingerprint density at radius 2 is 2.09 bits per heavy atom. The van der Waals surface area contributed by atoms with Gasteiger partial charge in [-0.25, -0.2) is 0 Å². The lowest BCUT2D eigenvalue weighted by Gasteiger charge is -2.20. The third-order valence-electron chi connectivity index (χ3n) is 3.29. The number of phenols is 1. The van der Waals surface area contributed by atoms with Crippen molar-refractivity contribution in [2.45, 2.75) is 6.61 Å². The highest BCUT2D eigenvalue weighted by atomic mass is 79.9. The number of allylic oxidation sites excluding steroid dienone is 1. The van der Waals surface area contributed by atoms with E-state index in [9.17, 15) is 9.90 Å². The average molecular weight is 361 g/mol. The van der Waals surface area contributed by atoms with Crippen LogP contribution < -0.4 is 4.74 Å².